The topological polar surface area (TPSA) is 80.2 Å². The van der Waals surface area contributed by atoms with E-state index in [0.29, 0.717) is 5.69 Å². The number of carbonyl (C=O) groups is 2. The van der Waals surface area contributed by atoms with Gasteiger partial charge in [-0.1, -0.05) is 0 Å². The molecule has 0 bridgehead atoms. The zero-order valence-corrected chi connectivity index (χ0v) is 9.56. The molecular weight excluding hydrogens is 218 g/mol. The number of methoxy groups -OCH3 is 2. The van der Waals surface area contributed by atoms with Crippen LogP contribution in [0.15, 0.2) is 0 Å². The van der Waals surface area contributed by atoms with Gasteiger partial charge in [-0.2, -0.15) is 0 Å². The molecule has 0 aliphatic heterocycles. The van der Waals surface area contributed by atoms with Gasteiger partial charge in [0.15, 0.2) is 5.69 Å². The third-order valence-corrected chi connectivity index (χ3v) is 3.10. The first kappa shape index (κ1) is 11.7. The van der Waals surface area contributed by atoms with Crippen LogP contribution < -0.4 is 5.73 Å². The molecule has 0 aromatic carbocycles. The highest BCUT2D eigenvalue weighted by molar-refractivity contribution is 7.14. The SMILES string of the molecule is COC(=O)c1sc(C)c([NH3+])c1C(=O)OC. The Kier molecular flexibility index (Phi) is 3.43. The molecule has 0 unspecified atom stereocenters. The fourth-order valence-electron chi connectivity index (χ4n) is 1.13. The summed E-state index contributed by atoms with van der Waals surface area (Å²) in [6.07, 6.45) is 0. The Labute approximate surface area is 90.8 Å². The van der Waals surface area contributed by atoms with E-state index in [1.807, 2.05) is 0 Å². The van der Waals surface area contributed by atoms with E-state index in [4.69, 9.17) is 0 Å². The number of rotatable bonds is 2. The molecule has 0 spiro atoms. The second-order valence-corrected chi connectivity index (χ2v) is 4.05. The molecule has 0 fully saturated rings. The van der Waals surface area contributed by atoms with Crippen LogP contribution in [0.25, 0.3) is 0 Å². The van der Waals surface area contributed by atoms with E-state index in [2.05, 4.69) is 15.2 Å². The molecular formula is C9H12NO4S+. The summed E-state index contributed by atoms with van der Waals surface area (Å²) in [5.41, 5.74) is 4.45. The molecule has 0 atom stereocenters. The Morgan fingerprint density at radius 2 is 1.73 bits per heavy atom. The van der Waals surface area contributed by atoms with E-state index < -0.39 is 11.9 Å². The molecule has 0 aliphatic carbocycles. The van der Waals surface area contributed by atoms with Crippen LogP contribution in [-0.4, -0.2) is 26.2 Å². The Hall–Kier alpha value is -1.40. The standard InChI is InChI=1S/C9H11NO4S/c1-4-6(10)5(8(11)13-2)7(15-4)9(12)14-3/h10H2,1-3H3/p+1. The first-order chi connectivity index (χ1) is 7.02. The van der Waals surface area contributed by atoms with Crippen LogP contribution in [0.1, 0.15) is 24.9 Å². The first-order valence-electron chi connectivity index (χ1n) is 4.14. The van der Waals surface area contributed by atoms with Crippen LogP contribution in [-0.2, 0) is 9.47 Å². The summed E-state index contributed by atoms with van der Waals surface area (Å²) in [7, 11) is 2.52. The molecule has 3 N–H and O–H groups in total. The van der Waals surface area contributed by atoms with Crippen molar-refractivity contribution in [3.05, 3.63) is 15.3 Å². The van der Waals surface area contributed by atoms with Crippen LogP contribution in [0.4, 0.5) is 5.69 Å². The Morgan fingerprint density at radius 3 is 2.20 bits per heavy atom. The minimum absolute atomic E-state index is 0.201. The number of carbonyl (C=O) groups excluding carboxylic acids is 2. The highest BCUT2D eigenvalue weighted by atomic mass is 32.1. The lowest BCUT2D eigenvalue weighted by Crippen LogP contribution is -2.42. The molecule has 5 nitrogen and oxygen atoms in total. The van der Waals surface area contributed by atoms with Crippen LogP contribution in [0.2, 0.25) is 0 Å². The van der Waals surface area contributed by atoms with Crippen molar-refractivity contribution in [3.8, 4) is 0 Å². The van der Waals surface area contributed by atoms with Crippen molar-refractivity contribution in [1.29, 1.82) is 0 Å². The Morgan fingerprint density at radius 1 is 1.20 bits per heavy atom. The van der Waals surface area contributed by atoms with Gasteiger partial charge in [-0.15, -0.1) is 11.3 Å². The maximum absolute atomic E-state index is 11.4. The number of aryl methyl sites for hydroxylation is 1. The molecule has 0 saturated carbocycles. The Balaban J connectivity index is 3.33. The first-order valence-corrected chi connectivity index (χ1v) is 4.96. The maximum atomic E-state index is 11.4. The van der Waals surface area contributed by atoms with Crippen LogP contribution >= 0.6 is 11.3 Å². The lowest BCUT2D eigenvalue weighted by Gasteiger charge is -1.99. The van der Waals surface area contributed by atoms with E-state index >= 15 is 0 Å². The normalized spacial score (nSPS) is 9.87. The number of thiophene rings is 1. The lowest BCUT2D eigenvalue weighted by molar-refractivity contribution is -0.255. The summed E-state index contributed by atoms with van der Waals surface area (Å²) in [5, 5.41) is 0. The molecule has 1 aromatic heterocycles. The van der Waals surface area contributed by atoms with Gasteiger partial charge in [0.05, 0.1) is 19.1 Å². The van der Waals surface area contributed by atoms with Crippen LogP contribution in [0.3, 0.4) is 0 Å². The lowest BCUT2D eigenvalue weighted by atomic mass is 10.2. The molecule has 0 radical (unpaired) electrons. The molecule has 6 heteroatoms. The molecule has 0 saturated heterocycles. The zero-order chi connectivity index (χ0) is 11.6. The van der Waals surface area contributed by atoms with Crippen molar-refractivity contribution in [1.82, 2.24) is 0 Å². The van der Waals surface area contributed by atoms with Gasteiger partial charge >= 0.3 is 11.9 Å². The van der Waals surface area contributed by atoms with Crippen molar-refractivity contribution in [2.24, 2.45) is 0 Å². The fraction of sp³-hybridized carbons (Fsp3) is 0.333. The van der Waals surface area contributed by atoms with Gasteiger partial charge in [0.1, 0.15) is 10.4 Å². The smallest absolute Gasteiger partial charge is 0.349 e. The largest absolute Gasteiger partial charge is 0.465 e. The number of hydrogen-bond donors (Lipinski definition) is 1. The summed E-state index contributed by atoms with van der Waals surface area (Å²) in [4.78, 5) is 23.8. The minimum Gasteiger partial charge on any atom is -0.465 e. The van der Waals surface area contributed by atoms with E-state index in [9.17, 15) is 9.59 Å². The second-order valence-electron chi connectivity index (χ2n) is 2.82. The predicted molar refractivity (Wildman–Crippen MR) is 54.3 cm³/mol. The van der Waals surface area contributed by atoms with Gasteiger partial charge in [-0.25, -0.2) is 9.59 Å². The van der Waals surface area contributed by atoms with Crippen molar-refractivity contribution >= 4 is 29.0 Å². The van der Waals surface area contributed by atoms with Crippen LogP contribution in [0.5, 0.6) is 0 Å². The van der Waals surface area contributed by atoms with Gasteiger partial charge in [0.2, 0.25) is 0 Å². The number of quaternary nitrogens is 1. The quantitative estimate of drug-likeness (QED) is 0.750. The minimum atomic E-state index is -0.565. The van der Waals surface area contributed by atoms with Crippen LogP contribution in [0, 0.1) is 6.92 Å². The van der Waals surface area contributed by atoms with E-state index in [-0.39, 0.29) is 10.4 Å². The fourth-order valence-corrected chi connectivity index (χ4v) is 2.14. The molecule has 82 valence electrons. The van der Waals surface area contributed by atoms with E-state index in [0.717, 1.165) is 4.88 Å². The van der Waals surface area contributed by atoms with Crippen molar-refractivity contribution in [2.45, 2.75) is 6.92 Å². The molecule has 1 heterocycles. The Bertz CT molecular complexity index is 410. The van der Waals surface area contributed by atoms with Gasteiger partial charge in [-0.3, -0.25) is 0 Å². The molecule has 1 rings (SSSR count). The molecule has 0 amide bonds. The van der Waals surface area contributed by atoms with Gasteiger partial charge in [-0.05, 0) is 6.92 Å². The van der Waals surface area contributed by atoms with E-state index in [1.165, 1.54) is 25.6 Å². The number of esters is 2. The number of ether oxygens (including phenoxy) is 2. The highest BCUT2D eigenvalue weighted by Crippen LogP contribution is 2.30. The maximum Gasteiger partial charge on any atom is 0.349 e. The number of hydrogen-bond acceptors (Lipinski definition) is 5. The third kappa shape index (κ3) is 2.00. The third-order valence-electron chi connectivity index (χ3n) is 1.97. The van der Waals surface area contributed by atoms with E-state index in [1.54, 1.807) is 6.92 Å². The summed E-state index contributed by atoms with van der Waals surface area (Å²) >= 11 is 1.18. The molecule has 15 heavy (non-hydrogen) atoms. The summed E-state index contributed by atoms with van der Waals surface area (Å²) in [5.74, 6) is -1.11. The summed E-state index contributed by atoms with van der Waals surface area (Å²) in [6.45, 7) is 1.78. The summed E-state index contributed by atoms with van der Waals surface area (Å²) in [6, 6.07) is 0. The zero-order valence-electron chi connectivity index (χ0n) is 8.75. The highest BCUT2D eigenvalue weighted by Gasteiger charge is 2.28. The average molecular weight is 230 g/mol. The second kappa shape index (κ2) is 4.41. The molecule has 1 aromatic rings. The van der Waals surface area contributed by atoms with Gasteiger partial charge < -0.3 is 15.2 Å². The summed E-state index contributed by atoms with van der Waals surface area (Å²) < 4.78 is 9.16. The predicted octanol–water partition coefficient (Wildman–Crippen LogP) is 0.503. The average Bonchev–Trinajstić information content (AvgIpc) is 2.53. The van der Waals surface area contributed by atoms with Crippen molar-refractivity contribution in [2.75, 3.05) is 14.2 Å². The van der Waals surface area contributed by atoms with Crippen molar-refractivity contribution < 1.29 is 24.8 Å². The van der Waals surface area contributed by atoms with Gasteiger partial charge in [0.25, 0.3) is 0 Å². The monoisotopic (exact) mass is 230 g/mol. The van der Waals surface area contributed by atoms with Crippen molar-refractivity contribution in [3.63, 3.8) is 0 Å². The van der Waals surface area contributed by atoms with Gasteiger partial charge in [0, 0.05) is 0 Å². The molecule has 0 aliphatic rings.